The largest absolute Gasteiger partial charge is 0.458 e. The van der Waals surface area contributed by atoms with Crippen LogP contribution in [0.3, 0.4) is 0 Å². The van der Waals surface area contributed by atoms with Gasteiger partial charge in [-0.05, 0) is 68.5 Å². The van der Waals surface area contributed by atoms with Crippen LogP contribution >= 0.6 is 11.8 Å². The van der Waals surface area contributed by atoms with Gasteiger partial charge in [0.2, 0.25) is 0 Å². The van der Waals surface area contributed by atoms with Gasteiger partial charge in [0.25, 0.3) is 0 Å². The quantitative estimate of drug-likeness (QED) is 0.265. The predicted molar refractivity (Wildman–Crippen MR) is 253 cm³/mol. The number of nitrogens with zero attached hydrogens (tertiary/aromatic N) is 5. The highest BCUT2D eigenvalue weighted by molar-refractivity contribution is 8.00. The molecule has 4 aliphatic rings. The lowest BCUT2D eigenvalue weighted by Crippen LogP contribution is -2.62. The summed E-state index contributed by atoms with van der Waals surface area (Å²) in [5, 5.41) is 10.4. The van der Waals surface area contributed by atoms with Crippen molar-refractivity contribution in [3.63, 3.8) is 0 Å². The number of thioether (sulfide) groups is 1. The molecule has 4 fully saturated rings. The first-order valence-electron chi connectivity index (χ1n) is 24.1. The van der Waals surface area contributed by atoms with Gasteiger partial charge in [-0.15, -0.1) is 11.8 Å². The van der Waals surface area contributed by atoms with Gasteiger partial charge in [0.1, 0.15) is 35.1 Å². The van der Waals surface area contributed by atoms with Crippen LogP contribution in [-0.2, 0) is 63.6 Å². The maximum atomic E-state index is 15.2. The third kappa shape index (κ3) is 10.6. The van der Waals surface area contributed by atoms with E-state index < -0.39 is 107 Å². The average molecular weight is 979 g/mol. The van der Waals surface area contributed by atoms with Crippen molar-refractivity contribution < 1.29 is 62.1 Å². The van der Waals surface area contributed by atoms with Crippen LogP contribution in [0.5, 0.6) is 0 Å². The van der Waals surface area contributed by atoms with E-state index in [2.05, 4.69) is 15.0 Å². The molecule has 6 heterocycles. The van der Waals surface area contributed by atoms with Gasteiger partial charge in [0.05, 0.1) is 60.0 Å². The molecule has 0 bridgehead atoms. The molecule has 384 valence electrons. The summed E-state index contributed by atoms with van der Waals surface area (Å²) in [4.78, 5) is 59.3. The first kappa shape index (κ1) is 54.3. The van der Waals surface area contributed by atoms with Gasteiger partial charge in [-0.3, -0.25) is 19.3 Å². The number of ketones is 1. The normalized spacial score (nSPS) is 42.2. The Kier molecular flexibility index (Phi) is 17.4. The molecule has 4 saturated heterocycles. The lowest BCUT2D eigenvalue weighted by Gasteiger charge is -2.50. The number of hydrogen-bond acceptors (Lipinski definition) is 19. The smallest absolute Gasteiger partial charge is 0.320 e. The number of anilines is 1. The summed E-state index contributed by atoms with van der Waals surface area (Å²) in [5.74, 6) is -4.23. The number of hydrogen-bond donors (Lipinski definition) is 2. The van der Waals surface area contributed by atoms with Crippen LogP contribution in [0.4, 0.5) is 5.82 Å². The maximum Gasteiger partial charge on any atom is 0.320 e. The van der Waals surface area contributed by atoms with E-state index in [1.165, 1.54) is 25.2 Å². The number of carbonyl (C=O) groups excluding carboxylic acids is 3. The summed E-state index contributed by atoms with van der Waals surface area (Å²) in [6.07, 6.45) is -2.42. The van der Waals surface area contributed by atoms with Crippen molar-refractivity contribution in [1.29, 1.82) is 0 Å². The molecule has 19 nitrogen and oxygen atoms in total. The van der Waals surface area contributed by atoms with Gasteiger partial charge in [-0.1, -0.05) is 27.7 Å². The highest BCUT2D eigenvalue weighted by Gasteiger charge is 2.62. The molecular formula is C48H78N6O13S. The Morgan fingerprint density at radius 1 is 0.926 bits per heavy atom. The second-order valence-electron chi connectivity index (χ2n) is 20.5. The number of likely N-dealkylation sites (N-methyl/N-ethyl adjacent to an activating group) is 1. The number of imidazole rings is 1. The van der Waals surface area contributed by atoms with Crippen molar-refractivity contribution in [3.05, 3.63) is 12.7 Å². The Morgan fingerprint density at radius 2 is 1.62 bits per heavy atom. The molecular weight excluding hydrogens is 901 g/mol. The van der Waals surface area contributed by atoms with E-state index in [1.807, 2.05) is 65.1 Å². The van der Waals surface area contributed by atoms with E-state index in [-0.39, 0.29) is 49.1 Å². The monoisotopic (exact) mass is 979 g/mol. The van der Waals surface area contributed by atoms with E-state index in [9.17, 15) is 9.90 Å². The topological polar surface area (TPSA) is 227 Å². The Hall–Kier alpha value is -3.05. The van der Waals surface area contributed by atoms with E-state index in [0.717, 1.165) is 0 Å². The molecule has 0 radical (unpaired) electrons. The molecule has 2 aromatic rings. The number of methoxy groups -OCH3 is 3. The molecule has 2 aromatic heterocycles. The van der Waals surface area contributed by atoms with Gasteiger partial charge < -0.3 is 58.0 Å². The summed E-state index contributed by atoms with van der Waals surface area (Å²) >= 11 is 1.38. The Labute approximate surface area is 405 Å². The van der Waals surface area contributed by atoms with E-state index in [0.29, 0.717) is 29.9 Å². The minimum atomic E-state index is -1.40. The number of nitrogens with two attached hydrogens (primary N) is 1. The summed E-state index contributed by atoms with van der Waals surface area (Å²) in [7, 11) is 8.69. The average Bonchev–Trinajstić information content (AvgIpc) is 3.83. The van der Waals surface area contributed by atoms with Crippen LogP contribution in [0.2, 0.25) is 0 Å². The zero-order valence-corrected chi connectivity index (χ0v) is 43.5. The van der Waals surface area contributed by atoms with Gasteiger partial charge >= 0.3 is 11.9 Å². The van der Waals surface area contributed by atoms with Gasteiger partial charge in [0.15, 0.2) is 29.6 Å². The summed E-state index contributed by atoms with van der Waals surface area (Å²) < 4.78 is 60.4. The number of aromatic nitrogens is 4. The van der Waals surface area contributed by atoms with E-state index >= 15 is 9.59 Å². The van der Waals surface area contributed by atoms with Crippen LogP contribution in [0.1, 0.15) is 94.9 Å². The van der Waals surface area contributed by atoms with Crippen molar-refractivity contribution in [2.75, 3.05) is 46.9 Å². The number of fused-ring (bicyclic) bond motifs is 2. The predicted octanol–water partition coefficient (Wildman–Crippen LogP) is 4.44. The number of carbonyl (C=O) groups is 3. The highest BCUT2D eigenvalue weighted by Crippen LogP contribution is 2.49. The SMILES string of the molecule is CC[C@H]1OC(=O)[C@H](C)[C@@H](O[C@H]2C[C@@](C)(OC)[C@@H](O)[C@H](C)O2)[C@H](C)[C@@H](O[C@@H]2O[C@H](C)C[C@@H](OC)[C@@H]2N(C)C)[C@](C)(OC)C[C@@H](C)C(=O)[C@H](C)[C@H]2[C@H](SCCn3cnc4c(N)ncnc43)C(=O)O[C@@]21C. The molecule has 0 amide bonds. The molecule has 0 aliphatic carbocycles. The molecule has 0 saturated carbocycles. The van der Waals surface area contributed by atoms with E-state index in [1.54, 1.807) is 48.2 Å². The van der Waals surface area contributed by atoms with Crippen LogP contribution in [0, 0.1) is 29.6 Å². The fraction of sp³-hybridized carbons (Fsp3) is 0.833. The van der Waals surface area contributed by atoms with Crippen molar-refractivity contribution >= 4 is 46.5 Å². The lowest BCUT2D eigenvalue weighted by molar-refractivity contribution is -0.316. The first-order valence-corrected chi connectivity index (χ1v) is 25.1. The number of esters is 2. The van der Waals surface area contributed by atoms with Crippen molar-refractivity contribution in [1.82, 2.24) is 24.4 Å². The number of nitrogen functional groups attached to an aromatic ring is 1. The zero-order chi connectivity index (χ0) is 50.2. The molecule has 6 rings (SSSR count). The van der Waals surface area contributed by atoms with Crippen molar-refractivity contribution in [2.24, 2.45) is 29.6 Å². The molecule has 0 unspecified atom stereocenters. The Bertz CT molecular complexity index is 2070. The molecule has 3 N–H and O–H groups in total. The number of aryl methyl sites for hydroxylation is 1. The molecule has 20 heteroatoms. The third-order valence-corrected chi connectivity index (χ3v) is 16.8. The number of ether oxygens (including phenoxy) is 9. The van der Waals surface area contributed by atoms with Crippen molar-refractivity contribution in [3.8, 4) is 0 Å². The molecule has 68 heavy (non-hydrogen) atoms. The van der Waals surface area contributed by atoms with E-state index in [4.69, 9.17) is 48.4 Å². The number of rotatable bonds is 13. The van der Waals surface area contributed by atoms with Crippen LogP contribution in [0.15, 0.2) is 12.7 Å². The maximum absolute atomic E-state index is 15.2. The summed E-state index contributed by atoms with van der Waals surface area (Å²) in [6, 6.07) is -0.346. The summed E-state index contributed by atoms with van der Waals surface area (Å²) in [6.45, 7) is 18.9. The van der Waals surface area contributed by atoms with Gasteiger partial charge in [0, 0.05) is 70.1 Å². The number of cyclic esters (lactones) is 1. The molecule has 4 aliphatic heterocycles. The first-order chi connectivity index (χ1) is 32.0. The lowest BCUT2D eigenvalue weighted by atomic mass is 9.70. The van der Waals surface area contributed by atoms with Crippen LogP contribution in [0.25, 0.3) is 11.2 Å². The highest BCUT2D eigenvalue weighted by atomic mass is 32.2. The van der Waals surface area contributed by atoms with Crippen molar-refractivity contribution in [2.45, 2.75) is 185 Å². The number of Topliss-reactive ketones (excluding diaryl/α,β-unsaturated/α-hetero) is 1. The fourth-order valence-corrected chi connectivity index (χ4v) is 13.0. The molecule has 0 spiro atoms. The fourth-order valence-electron chi connectivity index (χ4n) is 11.5. The molecule has 0 aromatic carbocycles. The zero-order valence-electron chi connectivity index (χ0n) is 42.7. The number of aliphatic hydroxyl groups is 1. The number of aliphatic hydroxyl groups excluding tert-OH is 1. The summed E-state index contributed by atoms with van der Waals surface area (Å²) in [5.41, 5.74) is 3.46. The van der Waals surface area contributed by atoms with Crippen LogP contribution in [-0.4, -0.2) is 172 Å². The second kappa shape index (κ2) is 21.7. The molecule has 19 atom stereocenters. The van der Waals surface area contributed by atoms with Crippen LogP contribution < -0.4 is 5.73 Å². The van der Waals surface area contributed by atoms with Gasteiger partial charge in [-0.25, -0.2) is 15.0 Å². The van der Waals surface area contributed by atoms with Gasteiger partial charge in [-0.2, -0.15) is 0 Å². The minimum absolute atomic E-state index is 0.109. The third-order valence-electron chi connectivity index (χ3n) is 15.5. The Balaban J connectivity index is 1.43. The Morgan fingerprint density at radius 3 is 2.25 bits per heavy atom. The minimum Gasteiger partial charge on any atom is -0.458 e. The standard InChI is InChI=1S/C48H78N6O13S/c1-16-31-48(10)33(38(44(58)67-48)68-18-17-54-23-52-34-41(49)50-22-51-42(34)54)26(4)36(55)24(2)20-47(9,61-15)40(66-45-35(53(11)12)30(59-13)19-25(3)62-45)27(5)37(28(6)43(57)64-31)65-32-21-46(8,60-14)39(56)29(7)63-32/h22-33,35,37-40,45,56H,16-21H2,1-15H3,(H2,49,50,51)/t24-,25-,26-,27+,28-,29+,30-,31-,32+,33+,35+,37+,38+,39+,40-,45+,46-,47-,48-/m1/s1. The second-order valence-corrected chi connectivity index (χ2v) is 21.7.